The zero-order chi connectivity index (χ0) is 14.9. The maximum Gasteiger partial charge on any atom is 0.268 e. The molecular weight excluding hydrogens is 298 g/mol. The summed E-state index contributed by atoms with van der Waals surface area (Å²) in [4.78, 5) is 6.74. The van der Waals surface area contributed by atoms with Crippen LogP contribution in [0.4, 0.5) is 0 Å². The van der Waals surface area contributed by atoms with Crippen molar-refractivity contribution in [3.05, 3.63) is 34.8 Å². The fraction of sp³-hybridized carbons (Fsp3) is 0.333. The van der Waals surface area contributed by atoms with Gasteiger partial charge in [-0.15, -0.1) is 16.4 Å². The number of rotatable bonds is 3. The molecule has 3 aromatic heterocycles. The fourth-order valence-corrected chi connectivity index (χ4v) is 3.57. The first-order chi connectivity index (χ1) is 10.8. The Morgan fingerprint density at radius 1 is 1.23 bits per heavy atom. The van der Waals surface area contributed by atoms with Crippen LogP contribution in [-0.4, -0.2) is 26.9 Å². The van der Waals surface area contributed by atoms with Crippen molar-refractivity contribution < 1.29 is 4.52 Å². The van der Waals surface area contributed by atoms with E-state index in [1.165, 1.54) is 17.7 Å². The molecule has 1 N–H and O–H groups in total. The number of hydrogen-bond donors (Lipinski definition) is 1. The van der Waals surface area contributed by atoms with E-state index < -0.39 is 0 Å². The zero-order valence-electron chi connectivity index (χ0n) is 12.1. The van der Waals surface area contributed by atoms with Gasteiger partial charge in [-0.2, -0.15) is 10.1 Å². The molecule has 0 amide bonds. The lowest BCUT2D eigenvalue weighted by Gasteiger charge is -2.05. The van der Waals surface area contributed by atoms with Crippen molar-refractivity contribution in [2.45, 2.75) is 25.8 Å². The van der Waals surface area contributed by atoms with Gasteiger partial charge in [0.1, 0.15) is 5.69 Å². The SMILES string of the molecule is Cc1ccc(-c2noc(-c3ccc([C@H]4CCCN4)s3)n2)nn1. The largest absolute Gasteiger partial charge is 0.333 e. The van der Waals surface area contributed by atoms with Gasteiger partial charge in [0, 0.05) is 10.9 Å². The van der Waals surface area contributed by atoms with E-state index in [-0.39, 0.29) is 0 Å². The summed E-state index contributed by atoms with van der Waals surface area (Å²) in [6.45, 7) is 2.98. The van der Waals surface area contributed by atoms with Crippen LogP contribution >= 0.6 is 11.3 Å². The predicted molar refractivity (Wildman–Crippen MR) is 83.4 cm³/mol. The van der Waals surface area contributed by atoms with Crippen LogP contribution in [0.5, 0.6) is 0 Å². The second kappa shape index (κ2) is 5.58. The highest BCUT2D eigenvalue weighted by atomic mass is 32.1. The summed E-state index contributed by atoms with van der Waals surface area (Å²) in [6.07, 6.45) is 2.42. The van der Waals surface area contributed by atoms with Crippen LogP contribution in [0, 0.1) is 6.92 Å². The smallest absolute Gasteiger partial charge is 0.268 e. The molecule has 1 aliphatic heterocycles. The molecule has 0 aliphatic carbocycles. The summed E-state index contributed by atoms with van der Waals surface area (Å²) in [5.41, 5.74) is 1.48. The molecule has 4 heterocycles. The second-order valence-corrected chi connectivity index (χ2v) is 6.45. The minimum absolute atomic E-state index is 0.462. The van der Waals surface area contributed by atoms with Gasteiger partial charge < -0.3 is 9.84 Å². The summed E-state index contributed by atoms with van der Waals surface area (Å²) < 4.78 is 5.37. The molecule has 7 heteroatoms. The summed E-state index contributed by atoms with van der Waals surface area (Å²) in [6, 6.07) is 8.37. The Bertz CT molecular complexity index is 773. The standard InChI is InChI=1S/C15H15N5OS/c1-9-4-5-11(19-18-9)14-17-15(21-20-14)13-7-6-12(22-13)10-3-2-8-16-10/h4-7,10,16H,2-3,8H2,1H3/t10-/m1/s1. The molecule has 6 nitrogen and oxygen atoms in total. The van der Waals surface area contributed by atoms with Crippen molar-refractivity contribution in [2.75, 3.05) is 6.54 Å². The lowest BCUT2D eigenvalue weighted by atomic mass is 10.2. The van der Waals surface area contributed by atoms with E-state index in [0.717, 1.165) is 17.1 Å². The molecule has 1 aliphatic rings. The quantitative estimate of drug-likeness (QED) is 0.801. The Morgan fingerprint density at radius 2 is 2.18 bits per heavy atom. The first-order valence-electron chi connectivity index (χ1n) is 7.27. The number of hydrogen-bond acceptors (Lipinski definition) is 7. The first-order valence-corrected chi connectivity index (χ1v) is 8.09. The van der Waals surface area contributed by atoms with Gasteiger partial charge in [-0.1, -0.05) is 5.16 Å². The maximum absolute atomic E-state index is 5.37. The number of thiophene rings is 1. The lowest BCUT2D eigenvalue weighted by molar-refractivity contribution is 0.433. The Morgan fingerprint density at radius 3 is 2.95 bits per heavy atom. The van der Waals surface area contributed by atoms with Crippen molar-refractivity contribution in [1.29, 1.82) is 0 Å². The topological polar surface area (TPSA) is 76.7 Å². The van der Waals surface area contributed by atoms with Crippen molar-refractivity contribution >= 4 is 11.3 Å². The molecule has 0 spiro atoms. The molecule has 4 rings (SSSR count). The molecule has 0 unspecified atom stereocenters. The van der Waals surface area contributed by atoms with Gasteiger partial charge in [0.2, 0.25) is 5.82 Å². The third-order valence-corrected chi connectivity index (χ3v) is 4.88. The van der Waals surface area contributed by atoms with Gasteiger partial charge in [0.05, 0.1) is 10.6 Å². The van der Waals surface area contributed by atoms with E-state index in [0.29, 0.717) is 23.5 Å². The van der Waals surface area contributed by atoms with Gasteiger partial charge in [0.25, 0.3) is 5.89 Å². The monoisotopic (exact) mass is 313 g/mol. The van der Waals surface area contributed by atoms with E-state index >= 15 is 0 Å². The molecule has 0 aromatic carbocycles. The Balaban J connectivity index is 1.59. The van der Waals surface area contributed by atoms with Gasteiger partial charge >= 0.3 is 0 Å². The second-order valence-electron chi connectivity index (χ2n) is 5.33. The average molecular weight is 313 g/mol. The van der Waals surface area contributed by atoms with E-state index in [9.17, 15) is 0 Å². The van der Waals surface area contributed by atoms with Gasteiger partial charge in [-0.05, 0) is 50.6 Å². The van der Waals surface area contributed by atoms with Gasteiger partial charge in [-0.25, -0.2) is 0 Å². The molecule has 0 saturated carbocycles. The molecule has 112 valence electrons. The molecule has 22 heavy (non-hydrogen) atoms. The van der Waals surface area contributed by atoms with Crippen molar-refractivity contribution in [1.82, 2.24) is 25.7 Å². The third-order valence-electron chi connectivity index (χ3n) is 3.69. The summed E-state index contributed by atoms with van der Waals surface area (Å²) in [7, 11) is 0. The van der Waals surface area contributed by atoms with Crippen LogP contribution in [0.3, 0.4) is 0 Å². The van der Waals surface area contributed by atoms with Crippen molar-refractivity contribution in [3.8, 4) is 22.3 Å². The summed E-state index contributed by atoms with van der Waals surface area (Å²) in [5, 5.41) is 15.6. The number of aryl methyl sites for hydroxylation is 1. The van der Waals surface area contributed by atoms with Gasteiger partial charge in [0.15, 0.2) is 0 Å². The van der Waals surface area contributed by atoms with Crippen LogP contribution in [0.2, 0.25) is 0 Å². The first kappa shape index (κ1) is 13.5. The maximum atomic E-state index is 5.37. The number of nitrogens with one attached hydrogen (secondary N) is 1. The molecule has 1 fully saturated rings. The fourth-order valence-electron chi connectivity index (χ4n) is 2.53. The van der Waals surface area contributed by atoms with Crippen LogP contribution in [-0.2, 0) is 0 Å². The van der Waals surface area contributed by atoms with E-state index in [4.69, 9.17) is 4.52 Å². The van der Waals surface area contributed by atoms with Crippen LogP contribution in [0.25, 0.3) is 22.3 Å². The van der Waals surface area contributed by atoms with E-state index in [1.807, 2.05) is 25.1 Å². The predicted octanol–water partition coefficient (Wildman–Crippen LogP) is 2.99. The normalized spacial score (nSPS) is 18.0. The lowest BCUT2D eigenvalue weighted by Crippen LogP contribution is -2.11. The van der Waals surface area contributed by atoms with E-state index in [2.05, 4.69) is 31.7 Å². The van der Waals surface area contributed by atoms with Crippen LogP contribution < -0.4 is 5.32 Å². The van der Waals surface area contributed by atoms with E-state index in [1.54, 1.807) is 11.3 Å². The summed E-state index contributed by atoms with van der Waals surface area (Å²) in [5.74, 6) is 1.00. The highest BCUT2D eigenvalue weighted by molar-refractivity contribution is 7.15. The number of nitrogens with zero attached hydrogens (tertiary/aromatic N) is 4. The minimum atomic E-state index is 0.462. The Kier molecular flexibility index (Phi) is 3.44. The van der Waals surface area contributed by atoms with Crippen molar-refractivity contribution in [2.24, 2.45) is 0 Å². The minimum Gasteiger partial charge on any atom is -0.333 e. The Hall–Kier alpha value is -2.12. The molecule has 3 aromatic rings. The highest BCUT2D eigenvalue weighted by Crippen LogP contribution is 2.34. The highest BCUT2D eigenvalue weighted by Gasteiger charge is 2.20. The third kappa shape index (κ3) is 2.53. The molecule has 1 saturated heterocycles. The molecule has 1 atom stereocenters. The Labute approximate surface area is 131 Å². The van der Waals surface area contributed by atoms with Crippen LogP contribution in [0.15, 0.2) is 28.8 Å². The molecule has 0 radical (unpaired) electrons. The number of aromatic nitrogens is 4. The average Bonchev–Trinajstić information content (AvgIpc) is 3.27. The zero-order valence-corrected chi connectivity index (χ0v) is 12.9. The molecule has 0 bridgehead atoms. The molecular formula is C15H15N5OS. The van der Waals surface area contributed by atoms with Crippen LogP contribution in [0.1, 0.15) is 29.5 Å². The summed E-state index contributed by atoms with van der Waals surface area (Å²) >= 11 is 1.70. The van der Waals surface area contributed by atoms with Crippen molar-refractivity contribution in [3.63, 3.8) is 0 Å². The van der Waals surface area contributed by atoms with Gasteiger partial charge in [-0.3, -0.25) is 0 Å².